The zero-order valence-electron chi connectivity index (χ0n) is 16.0. The van der Waals surface area contributed by atoms with Crippen molar-refractivity contribution >= 4 is 17.6 Å². The first-order valence-electron chi connectivity index (χ1n) is 9.57. The molecule has 2 aromatic carbocycles. The van der Waals surface area contributed by atoms with Gasteiger partial charge in [0.05, 0.1) is 6.42 Å². The number of hydrogen-bond acceptors (Lipinski definition) is 5. The Bertz CT molecular complexity index is 816. The van der Waals surface area contributed by atoms with Gasteiger partial charge in [0.25, 0.3) is 5.91 Å². The van der Waals surface area contributed by atoms with E-state index < -0.39 is 5.97 Å². The molecule has 1 heterocycles. The number of fused-ring (bicyclic) bond motifs is 1. The number of hydrogen-bond donors (Lipinski definition) is 1. The summed E-state index contributed by atoms with van der Waals surface area (Å²) >= 11 is 0. The largest absolute Gasteiger partial charge is 0.486 e. The Morgan fingerprint density at radius 3 is 2.46 bits per heavy atom. The van der Waals surface area contributed by atoms with Crippen molar-refractivity contribution < 1.29 is 23.8 Å². The molecule has 0 spiro atoms. The van der Waals surface area contributed by atoms with E-state index in [9.17, 15) is 9.59 Å². The molecular formula is C22H25NO5. The summed E-state index contributed by atoms with van der Waals surface area (Å²) in [5.74, 6) is 0.457. The molecule has 0 fully saturated rings. The number of benzene rings is 2. The molecule has 1 N–H and O–H groups in total. The fourth-order valence-corrected chi connectivity index (χ4v) is 2.89. The summed E-state index contributed by atoms with van der Waals surface area (Å²) in [5, 5.41) is 2.73. The number of esters is 1. The van der Waals surface area contributed by atoms with Gasteiger partial charge in [-0.3, -0.25) is 9.59 Å². The van der Waals surface area contributed by atoms with Gasteiger partial charge < -0.3 is 19.5 Å². The van der Waals surface area contributed by atoms with Crippen molar-refractivity contribution in [3.63, 3.8) is 0 Å². The van der Waals surface area contributed by atoms with Crippen molar-refractivity contribution in [1.29, 1.82) is 0 Å². The van der Waals surface area contributed by atoms with E-state index >= 15 is 0 Å². The number of aryl methyl sites for hydroxylation is 1. The van der Waals surface area contributed by atoms with Crippen LogP contribution in [-0.4, -0.2) is 31.7 Å². The van der Waals surface area contributed by atoms with Gasteiger partial charge in [-0.2, -0.15) is 0 Å². The number of carbonyl (C=O) groups excluding carboxylic acids is 2. The van der Waals surface area contributed by atoms with Crippen LogP contribution in [0.2, 0.25) is 0 Å². The fourth-order valence-electron chi connectivity index (χ4n) is 2.89. The zero-order valence-corrected chi connectivity index (χ0v) is 16.0. The zero-order chi connectivity index (χ0) is 19.8. The maximum atomic E-state index is 12.0. The minimum absolute atomic E-state index is 0.0655. The predicted molar refractivity (Wildman–Crippen MR) is 106 cm³/mol. The van der Waals surface area contributed by atoms with Crippen LogP contribution < -0.4 is 14.8 Å². The van der Waals surface area contributed by atoms with E-state index in [4.69, 9.17) is 14.2 Å². The molecule has 0 aromatic heterocycles. The number of unbranched alkanes of at least 4 members (excludes halogenated alkanes) is 1. The van der Waals surface area contributed by atoms with Gasteiger partial charge in [-0.25, -0.2) is 0 Å². The number of carbonyl (C=O) groups is 2. The van der Waals surface area contributed by atoms with Crippen molar-refractivity contribution in [2.45, 2.75) is 32.6 Å². The van der Waals surface area contributed by atoms with Crippen LogP contribution in [0, 0.1) is 0 Å². The van der Waals surface area contributed by atoms with Crippen molar-refractivity contribution in [2.24, 2.45) is 0 Å². The first-order valence-corrected chi connectivity index (χ1v) is 9.57. The Kier molecular flexibility index (Phi) is 6.89. The maximum absolute atomic E-state index is 12.0. The van der Waals surface area contributed by atoms with Gasteiger partial charge in [0.15, 0.2) is 18.1 Å². The highest BCUT2D eigenvalue weighted by Crippen LogP contribution is 2.30. The van der Waals surface area contributed by atoms with Crippen molar-refractivity contribution in [2.75, 3.05) is 25.1 Å². The summed E-state index contributed by atoms with van der Waals surface area (Å²) in [4.78, 5) is 24.0. The van der Waals surface area contributed by atoms with Crippen LogP contribution in [0.25, 0.3) is 0 Å². The quantitative estimate of drug-likeness (QED) is 0.706. The summed E-state index contributed by atoms with van der Waals surface area (Å²) in [5.41, 5.74) is 2.68. The second kappa shape index (κ2) is 9.78. The Morgan fingerprint density at radius 1 is 1.00 bits per heavy atom. The third kappa shape index (κ3) is 5.74. The standard InChI is InChI=1S/C22H25NO5/c1-2-3-4-16-5-8-18(9-6-16)23-21(24)15-28-22(25)14-17-7-10-19-20(13-17)27-12-11-26-19/h5-10,13H,2-4,11-12,14-15H2,1H3,(H,23,24). The van der Waals surface area contributed by atoms with E-state index in [0.717, 1.165) is 24.8 Å². The molecule has 1 aliphatic heterocycles. The molecule has 0 radical (unpaired) electrons. The van der Waals surface area contributed by atoms with E-state index in [2.05, 4.69) is 12.2 Å². The first kappa shape index (κ1) is 19.7. The van der Waals surface area contributed by atoms with Crippen LogP contribution >= 0.6 is 0 Å². The molecule has 3 rings (SSSR count). The number of nitrogens with one attached hydrogen (secondary N) is 1. The Balaban J connectivity index is 1.43. The third-order valence-electron chi connectivity index (χ3n) is 4.38. The molecule has 28 heavy (non-hydrogen) atoms. The minimum Gasteiger partial charge on any atom is -0.486 e. The first-order chi connectivity index (χ1) is 13.6. The molecule has 0 atom stereocenters. The monoisotopic (exact) mass is 383 g/mol. The van der Waals surface area contributed by atoms with Gasteiger partial charge in [0.1, 0.15) is 13.2 Å². The van der Waals surface area contributed by atoms with Gasteiger partial charge in [-0.1, -0.05) is 31.5 Å². The smallest absolute Gasteiger partial charge is 0.310 e. The highest BCUT2D eigenvalue weighted by molar-refractivity contribution is 5.92. The van der Waals surface area contributed by atoms with Crippen LogP contribution in [0.1, 0.15) is 30.9 Å². The van der Waals surface area contributed by atoms with E-state index in [1.165, 1.54) is 5.56 Å². The fraction of sp³-hybridized carbons (Fsp3) is 0.364. The van der Waals surface area contributed by atoms with Crippen LogP contribution in [0.5, 0.6) is 11.5 Å². The lowest BCUT2D eigenvalue weighted by Gasteiger charge is -2.18. The van der Waals surface area contributed by atoms with E-state index in [1.54, 1.807) is 18.2 Å². The Morgan fingerprint density at radius 2 is 1.71 bits per heavy atom. The summed E-state index contributed by atoms with van der Waals surface area (Å²) in [6.45, 7) is 2.84. The minimum atomic E-state index is -0.471. The van der Waals surface area contributed by atoms with Crippen LogP contribution in [0.4, 0.5) is 5.69 Å². The van der Waals surface area contributed by atoms with Gasteiger partial charge in [-0.05, 0) is 48.2 Å². The molecule has 148 valence electrons. The Hall–Kier alpha value is -3.02. The molecule has 0 saturated carbocycles. The van der Waals surface area contributed by atoms with E-state index in [0.29, 0.717) is 30.4 Å². The van der Waals surface area contributed by atoms with Crippen LogP contribution in [-0.2, 0) is 27.2 Å². The molecule has 0 aliphatic carbocycles. The lowest BCUT2D eigenvalue weighted by atomic mass is 10.1. The molecule has 0 unspecified atom stereocenters. The van der Waals surface area contributed by atoms with E-state index in [1.807, 2.05) is 24.3 Å². The Labute approximate surface area is 164 Å². The molecular weight excluding hydrogens is 358 g/mol. The van der Waals surface area contributed by atoms with Crippen molar-refractivity contribution in [1.82, 2.24) is 0 Å². The average molecular weight is 383 g/mol. The molecule has 1 aliphatic rings. The second-order valence-corrected chi connectivity index (χ2v) is 6.66. The summed E-state index contributed by atoms with van der Waals surface area (Å²) in [7, 11) is 0. The van der Waals surface area contributed by atoms with Crippen LogP contribution in [0.3, 0.4) is 0 Å². The molecule has 6 heteroatoms. The highest BCUT2D eigenvalue weighted by atomic mass is 16.6. The highest BCUT2D eigenvalue weighted by Gasteiger charge is 2.14. The summed E-state index contributed by atoms with van der Waals surface area (Å²) < 4.78 is 16.0. The SMILES string of the molecule is CCCCc1ccc(NC(=O)COC(=O)Cc2ccc3c(c2)OCCO3)cc1. The number of amides is 1. The molecule has 6 nitrogen and oxygen atoms in total. The number of ether oxygens (including phenoxy) is 3. The molecule has 2 aromatic rings. The molecule has 1 amide bonds. The number of anilines is 1. The third-order valence-corrected chi connectivity index (χ3v) is 4.38. The van der Waals surface area contributed by atoms with E-state index in [-0.39, 0.29) is 18.9 Å². The molecule has 0 saturated heterocycles. The normalized spacial score (nSPS) is 12.3. The van der Waals surface area contributed by atoms with Gasteiger partial charge in [0, 0.05) is 5.69 Å². The van der Waals surface area contributed by atoms with Gasteiger partial charge in [-0.15, -0.1) is 0 Å². The predicted octanol–water partition coefficient (Wildman–Crippen LogP) is 3.52. The second-order valence-electron chi connectivity index (χ2n) is 6.66. The number of rotatable bonds is 8. The van der Waals surface area contributed by atoms with Gasteiger partial charge >= 0.3 is 5.97 Å². The summed E-state index contributed by atoms with van der Waals surface area (Å²) in [6.07, 6.45) is 3.39. The topological polar surface area (TPSA) is 73.9 Å². The van der Waals surface area contributed by atoms with Crippen molar-refractivity contribution in [3.8, 4) is 11.5 Å². The van der Waals surface area contributed by atoms with Crippen LogP contribution in [0.15, 0.2) is 42.5 Å². The lowest BCUT2D eigenvalue weighted by Crippen LogP contribution is -2.21. The average Bonchev–Trinajstić information content (AvgIpc) is 2.72. The maximum Gasteiger partial charge on any atom is 0.310 e. The summed E-state index contributed by atoms with van der Waals surface area (Å²) in [6, 6.07) is 13.0. The van der Waals surface area contributed by atoms with Gasteiger partial charge in [0.2, 0.25) is 0 Å². The molecule has 0 bridgehead atoms. The lowest BCUT2D eigenvalue weighted by molar-refractivity contribution is -0.146. The van der Waals surface area contributed by atoms with Crippen molar-refractivity contribution in [3.05, 3.63) is 53.6 Å².